The van der Waals surface area contributed by atoms with Gasteiger partial charge in [0.25, 0.3) is 0 Å². The predicted octanol–water partition coefficient (Wildman–Crippen LogP) is 1.38. The zero-order chi connectivity index (χ0) is 12.2. The monoisotopic (exact) mass is 230 g/mol. The largest absolute Gasteiger partial charge is 0.478 e. The summed E-state index contributed by atoms with van der Waals surface area (Å²) in [5, 5.41) is 8.24. The normalized spacial score (nSPS) is 10.6. The molecule has 0 amide bonds. The van der Waals surface area contributed by atoms with Crippen molar-refractivity contribution in [1.82, 2.24) is 0 Å². The van der Waals surface area contributed by atoms with Gasteiger partial charge in [0, 0.05) is 31.8 Å². The molecule has 0 spiro atoms. The van der Waals surface area contributed by atoms with Crippen molar-refractivity contribution in [3.63, 3.8) is 0 Å². The average Bonchev–Trinajstić information content (AvgIpc) is 2.25. The van der Waals surface area contributed by atoms with E-state index in [2.05, 4.69) is 6.92 Å². The Morgan fingerprint density at radius 2 is 1.81 bits per heavy atom. The second-order valence-electron chi connectivity index (χ2n) is 3.16. The van der Waals surface area contributed by atoms with Crippen LogP contribution in [0.4, 0.5) is 0 Å². The Morgan fingerprint density at radius 1 is 1.12 bits per heavy atom. The van der Waals surface area contributed by atoms with Gasteiger partial charge in [-0.05, 0) is 6.42 Å². The topological polar surface area (TPSA) is 72.8 Å². The number of carboxylic acids is 1. The molecule has 0 aromatic carbocycles. The minimum Gasteiger partial charge on any atom is -0.478 e. The van der Waals surface area contributed by atoms with E-state index >= 15 is 0 Å². The molecule has 0 saturated carbocycles. The summed E-state index contributed by atoms with van der Waals surface area (Å²) in [6, 6.07) is 0. The van der Waals surface area contributed by atoms with E-state index in [1.54, 1.807) is 0 Å². The van der Waals surface area contributed by atoms with Crippen LogP contribution in [0.2, 0.25) is 0 Å². The lowest BCUT2D eigenvalue weighted by Crippen LogP contribution is -2.06. The SMILES string of the molecule is CCCCOCCCOC(=O)/C=C\C(=O)O. The Hall–Kier alpha value is -1.36. The van der Waals surface area contributed by atoms with Gasteiger partial charge in [0.2, 0.25) is 0 Å². The standard InChI is InChI=1S/C11H18O5/c1-2-3-7-15-8-4-9-16-11(14)6-5-10(12)13/h5-6H,2-4,7-9H2,1H3,(H,12,13)/b6-5-. The summed E-state index contributed by atoms with van der Waals surface area (Å²) < 4.78 is 9.98. The molecule has 0 aliphatic rings. The van der Waals surface area contributed by atoms with Crippen LogP contribution in [0.5, 0.6) is 0 Å². The molecule has 0 radical (unpaired) electrons. The fourth-order valence-electron chi connectivity index (χ4n) is 0.870. The predicted molar refractivity (Wildman–Crippen MR) is 58.1 cm³/mol. The van der Waals surface area contributed by atoms with Gasteiger partial charge in [-0.2, -0.15) is 0 Å². The number of carbonyl (C=O) groups is 2. The van der Waals surface area contributed by atoms with E-state index in [4.69, 9.17) is 14.6 Å². The third-order valence-corrected chi connectivity index (χ3v) is 1.68. The highest BCUT2D eigenvalue weighted by Crippen LogP contribution is 1.91. The Kier molecular flexibility index (Phi) is 9.30. The highest BCUT2D eigenvalue weighted by Gasteiger charge is 1.97. The molecule has 0 saturated heterocycles. The molecule has 0 rings (SSSR count). The molecular weight excluding hydrogens is 212 g/mol. The van der Waals surface area contributed by atoms with Crippen molar-refractivity contribution < 1.29 is 24.2 Å². The maximum Gasteiger partial charge on any atom is 0.331 e. The van der Waals surface area contributed by atoms with Gasteiger partial charge in [-0.15, -0.1) is 0 Å². The van der Waals surface area contributed by atoms with Crippen molar-refractivity contribution in [2.45, 2.75) is 26.2 Å². The zero-order valence-electron chi connectivity index (χ0n) is 9.48. The Balaban J connectivity index is 3.31. The highest BCUT2D eigenvalue weighted by molar-refractivity contribution is 5.90. The van der Waals surface area contributed by atoms with Crippen LogP contribution in [0.25, 0.3) is 0 Å². The van der Waals surface area contributed by atoms with Crippen LogP contribution in [0.15, 0.2) is 12.2 Å². The molecule has 0 atom stereocenters. The Morgan fingerprint density at radius 3 is 2.44 bits per heavy atom. The smallest absolute Gasteiger partial charge is 0.331 e. The number of ether oxygens (including phenoxy) is 2. The maximum absolute atomic E-state index is 10.9. The second kappa shape index (κ2) is 10.2. The quantitative estimate of drug-likeness (QED) is 0.368. The van der Waals surface area contributed by atoms with Gasteiger partial charge in [0.1, 0.15) is 0 Å². The van der Waals surface area contributed by atoms with Crippen molar-refractivity contribution >= 4 is 11.9 Å². The number of hydrogen-bond acceptors (Lipinski definition) is 4. The fourth-order valence-corrected chi connectivity index (χ4v) is 0.870. The third-order valence-electron chi connectivity index (χ3n) is 1.68. The van der Waals surface area contributed by atoms with E-state index in [-0.39, 0.29) is 6.61 Å². The third kappa shape index (κ3) is 10.7. The fraction of sp³-hybridized carbons (Fsp3) is 0.636. The molecule has 0 aromatic heterocycles. The molecule has 92 valence electrons. The van der Waals surface area contributed by atoms with Crippen LogP contribution in [0, 0.1) is 0 Å². The summed E-state index contributed by atoms with van der Waals surface area (Å²) in [4.78, 5) is 20.9. The summed E-state index contributed by atoms with van der Waals surface area (Å²) in [5.74, 6) is -1.81. The number of unbranched alkanes of at least 4 members (excludes halogenated alkanes) is 1. The van der Waals surface area contributed by atoms with Gasteiger partial charge in [0.15, 0.2) is 0 Å². The number of aliphatic carboxylic acids is 1. The minimum absolute atomic E-state index is 0.245. The summed E-state index contributed by atoms with van der Waals surface area (Å²) in [5.41, 5.74) is 0. The van der Waals surface area contributed by atoms with Crippen LogP contribution in [-0.4, -0.2) is 36.9 Å². The maximum atomic E-state index is 10.9. The number of carbonyl (C=O) groups excluding carboxylic acids is 1. The number of hydrogen-bond donors (Lipinski definition) is 1. The molecule has 5 heteroatoms. The van der Waals surface area contributed by atoms with Crippen molar-refractivity contribution in [3.05, 3.63) is 12.2 Å². The van der Waals surface area contributed by atoms with Crippen LogP contribution in [0.1, 0.15) is 26.2 Å². The van der Waals surface area contributed by atoms with Crippen LogP contribution >= 0.6 is 0 Å². The van der Waals surface area contributed by atoms with Crippen molar-refractivity contribution in [2.75, 3.05) is 19.8 Å². The molecule has 0 aliphatic carbocycles. The van der Waals surface area contributed by atoms with Gasteiger partial charge in [-0.1, -0.05) is 13.3 Å². The van der Waals surface area contributed by atoms with Gasteiger partial charge in [-0.25, -0.2) is 9.59 Å². The van der Waals surface area contributed by atoms with Gasteiger partial charge < -0.3 is 14.6 Å². The van der Waals surface area contributed by atoms with Crippen LogP contribution in [0.3, 0.4) is 0 Å². The van der Waals surface area contributed by atoms with Crippen molar-refractivity contribution in [2.24, 2.45) is 0 Å². The number of carboxylic acid groups (broad SMARTS) is 1. The van der Waals surface area contributed by atoms with E-state index in [1.807, 2.05) is 0 Å². The van der Waals surface area contributed by atoms with Crippen LogP contribution in [-0.2, 0) is 19.1 Å². The van der Waals surface area contributed by atoms with E-state index in [9.17, 15) is 9.59 Å². The van der Waals surface area contributed by atoms with E-state index < -0.39 is 11.9 Å². The summed E-state index contributed by atoms with van der Waals surface area (Å²) in [6.45, 7) is 3.61. The first kappa shape index (κ1) is 14.6. The molecule has 0 fully saturated rings. The zero-order valence-corrected chi connectivity index (χ0v) is 9.48. The van der Waals surface area contributed by atoms with E-state index in [1.165, 1.54) is 0 Å². The van der Waals surface area contributed by atoms with Crippen molar-refractivity contribution in [3.8, 4) is 0 Å². The van der Waals surface area contributed by atoms with E-state index in [0.717, 1.165) is 31.6 Å². The Labute approximate surface area is 95.0 Å². The lowest BCUT2D eigenvalue weighted by Gasteiger charge is -2.03. The molecule has 1 N–H and O–H groups in total. The molecular formula is C11H18O5. The first-order valence-electron chi connectivity index (χ1n) is 5.32. The van der Waals surface area contributed by atoms with Gasteiger partial charge in [0.05, 0.1) is 6.61 Å². The minimum atomic E-state index is -1.17. The molecule has 0 unspecified atom stereocenters. The van der Waals surface area contributed by atoms with Crippen LogP contribution < -0.4 is 0 Å². The lowest BCUT2D eigenvalue weighted by atomic mass is 10.4. The Bertz CT molecular complexity index is 235. The average molecular weight is 230 g/mol. The molecule has 0 aliphatic heterocycles. The highest BCUT2D eigenvalue weighted by atomic mass is 16.5. The number of esters is 1. The van der Waals surface area contributed by atoms with Gasteiger partial charge >= 0.3 is 11.9 Å². The molecule has 16 heavy (non-hydrogen) atoms. The first-order valence-corrected chi connectivity index (χ1v) is 5.32. The lowest BCUT2D eigenvalue weighted by molar-refractivity contribution is -0.139. The summed E-state index contributed by atoms with van der Waals surface area (Å²) in [7, 11) is 0. The summed E-state index contributed by atoms with van der Waals surface area (Å²) >= 11 is 0. The summed E-state index contributed by atoms with van der Waals surface area (Å²) in [6.07, 6.45) is 4.38. The van der Waals surface area contributed by atoms with E-state index in [0.29, 0.717) is 13.0 Å². The molecule has 0 aromatic rings. The van der Waals surface area contributed by atoms with Gasteiger partial charge in [-0.3, -0.25) is 0 Å². The molecule has 0 heterocycles. The number of rotatable bonds is 9. The van der Waals surface area contributed by atoms with Crippen molar-refractivity contribution in [1.29, 1.82) is 0 Å². The molecule has 0 bridgehead atoms. The first-order chi connectivity index (χ1) is 7.66. The molecule has 5 nitrogen and oxygen atoms in total. The second-order valence-corrected chi connectivity index (χ2v) is 3.16.